The first-order valence-electron chi connectivity index (χ1n) is 4.03. The van der Waals surface area contributed by atoms with E-state index in [0.29, 0.717) is 16.4 Å². The van der Waals surface area contributed by atoms with Crippen LogP contribution in [0.3, 0.4) is 0 Å². The molecule has 1 aromatic heterocycles. The third-order valence-electron chi connectivity index (χ3n) is 1.74. The van der Waals surface area contributed by atoms with Crippen LogP contribution in [-0.2, 0) is 0 Å². The third-order valence-corrected chi connectivity index (χ3v) is 2.20. The third kappa shape index (κ3) is 2.10. The first-order chi connectivity index (χ1) is 7.19. The molecule has 0 fully saturated rings. The van der Waals surface area contributed by atoms with Gasteiger partial charge in [-0.15, -0.1) is 5.10 Å². The Bertz CT molecular complexity index is 492. The van der Waals surface area contributed by atoms with Gasteiger partial charge in [-0.05, 0) is 18.2 Å². The Hall–Kier alpha value is -1.56. The zero-order chi connectivity index (χ0) is 10.8. The fourth-order valence-electron chi connectivity index (χ4n) is 1.13. The van der Waals surface area contributed by atoms with Crippen molar-refractivity contribution in [1.82, 2.24) is 15.0 Å². The quantitative estimate of drug-likeness (QED) is 0.784. The van der Waals surface area contributed by atoms with Crippen molar-refractivity contribution in [3.8, 4) is 5.69 Å². The van der Waals surface area contributed by atoms with Crippen molar-refractivity contribution in [1.29, 1.82) is 0 Å². The zero-order valence-electron chi connectivity index (χ0n) is 7.39. The fraction of sp³-hybridized carbons (Fsp3) is 0. The zero-order valence-corrected chi connectivity index (χ0v) is 8.98. The van der Waals surface area contributed by atoms with Crippen LogP contribution in [0.2, 0.25) is 0 Å². The van der Waals surface area contributed by atoms with Gasteiger partial charge in [0.05, 0.1) is 11.9 Å². The van der Waals surface area contributed by atoms with Gasteiger partial charge in [0.2, 0.25) is 0 Å². The molecule has 0 saturated heterocycles. The molecule has 0 N–H and O–H groups in total. The lowest BCUT2D eigenvalue weighted by Gasteiger charge is -2.00. The van der Waals surface area contributed by atoms with Crippen molar-refractivity contribution in [2.24, 2.45) is 0 Å². The monoisotopic (exact) mass is 269 g/mol. The maximum Gasteiger partial charge on any atom is 0.171 e. The summed E-state index contributed by atoms with van der Waals surface area (Å²) in [4.78, 5) is 10.4. The van der Waals surface area contributed by atoms with E-state index in [1.54, 1.807) is 6.07 Å². The average Bonchev–Trinajstić information content (AvgIpc) is 2.64. The van der Waals surface area contributed by atoms with Crippen LogP contribution in [0.1, 0.15) is 10.5 Å². The highest BCUT2D eigenvalue weighted by molar-refractivity contribution is 9.10. The van der Waals surface area contributed by atoms with Gasteiger partial charge in [-0.1, -0.05) is 21.1 Å². The lowest BCUT2D eigenvalue weighted by Crippen LogP contribution is -1.95. The number of aromatic nitrogens is 3. The lowest BCUT2D eigenvalue weighted by atomic mass is 10.3. The maximum absolute atomic E-state index is 13.0. The van der Waals surface area contributed by atoms with Gasteiger partial charge in [-0.25, -0.2) is 9.07 Å². The van der Waals surface area contributed by atoms with E-state index in [-0.39, 0.29) is 11.5 Å². The minimum Gasteiger partial charge on any atom is -0.296 e. The van der Waals surface area contributed by atoms with E-state index in [1.165, 1.54) is 23.0 Å². The minimum absolute atomic E-state index is 0.204. The summed E-state index contributed by atoms with van der Waals surface area (Å²) in [6, 6.07) is 4.31. The van der Waals surface area contributed by atoms with Crippen molar-refractivity contribution in [2.45, 2.75) is 0 Å². The molecule has 76 valence electrons. The molecular formula is C9H5BrFN3O. The van der Waals surface area contributed by atoms with Crippen LogP contribution in [0.5, 0.6) is 0 Å². The molecule has 0 atom stereocenters. The van der Waals surface area contributed by atoms with Gasteiger partial charge in [-0.2, -0.15) is 0 Å². The van der Waals surface area contributed by atoms with Gasteiger partial charge >= 0.3 is 0 Å². The highest BCUT2D eigenvalue weighted by Crippen LogP contribution is 2.17. The van der Waals surface area contributed by atoms with Gasteiger partial charge in [0, 0.05) is 4.47 Å². The highest BCUT2D eigenvalue weighted by atomic mass is 79.9. The Morgan fingerprint density at radius 1 is 1.40 bits per heavy atom. The Balaban J connectivity index is 2.48. The second-order valence-electron chi connectivity index (χ2n) is 2.83. The van der Waals surface area contributed by atoms with Gasteiger partial charge in [0.1, 0.15) is 11.5 Å². The molecule has 0 spiro atoms. The van der Waals surface area contributed by atoms with E-state index in [4.69, 9.17) is 0 Å². The fourth-order valence-corrected chi connectivity index (χ4v) is 1.58. The molecule has 1 aromatic carbocycles. The van der Waals surface area contributed by atoms with Crippen LogP contribution in [-0.4, -0.2) is 21.3 Å². The molecule has 0 aliphatic carbocycles. The number of aldehydes is 1. The molecule has 0 aliphatic heterocycles. The van der Waals surface area contributed by atoms with Crippen LogP contribution < -0.4 is 0 Å². The molecule has 0 amide bonds. The van der Waals surface area contributed by atoms with Crippen LogP contribution in [0.25, 0.3) is 5.69 Å². The number of hydrogen-bond donors (Lipinski definition) is 0. The maximum atomic E-state index is 13.0. The molecular weight excluding hydrogens is 265 g/mol. The standard InChI is InChI=1S/C9H5BrFN3O/c10-6-1-7(11)3-9(2-6)14-4-8(5-15)12-13-14/h1-5H. The van der Waals surface area contributed by atoms with E-state index >= 15 is 0 Å². The van der Waals surface area contributed by atoms with Crippen LogP contribution in [0.4, 0.5) is 4.39 Å². The summed E-state index contributed by atoms with van der Waals surface area (Å²) >= 11 is 3.16. The first-order valence-corrected chi connectivity index (χ1v) is 4.82. The summed E-state index contributed by atoms with van der Waals surface area (Å²) < 4.78 is 15.0. The summed E-state index contributed by atoms with van der Waals surface area (Å²) in [7, 11) is 0. The predicted octanol–water partition coefficient (Wildman–Crippen LogP) is 1.98. The summed E-state index contributed by atoms with van der Waals surface area (Å²) in [5.41, 5.74) is 0.706. The normalized spacial score (nSPS) is 10.3. The van der Waals surface area contributed by atoms with Gasteiger partial charge < -0.3 is 0 Å². The lowest BCUT2D eigenvalue weighted by molar-refractivity contribution is 0.111. The van der Waals surface area contributed by atoms with E-state index in [0.717, 1.165) is 0 Å². The van der Waals surface area contributed by atoms with E-state index in [9.17, 15) is 9.18 Å². The topological polar surface area (TPSA) is 47.8 Å². The molecule has 0 bridgehead atoms. The van der Waals surface area contributed by atoms with Crippen molar-refractivity contribution >= 4 is 22.2 Å². The van der Waals surface area contributed by atoms with Crippen molar-refractivity contribution in [2.75, 3.05) is 0 Å². The molecule has 2 rings (SSSR count). The number of hydrogen-bond acceptors (Lipinski definition) is 3. The smallest absolute Gasteiger partial charge is 0.171 e. The second-order valence-corrected chi connectivity index (χ2v) is 3.75. The molecule has 2 aromatic rings. The second kappa shape index (κ2) is 3.90. The number of halogens is 2. The number of benzene rings is 1. The van der Waals surface area contributed by atoms with E-state index < -0.39 is 0 Å². The summed E-state index contributed by atoms with van der Waals surface area (Å²) in [6.07, 6.45) is 2.01. The Labute approximate surface area is 92.8 Å². The number of nitrogens with zero attached hydrogens (tertiary/aromatic N) is 3. The van der Waals surface area contributed by atoms with Gasteiger partial charge in [0.25, 0.3) is 0 Å². The average molecular weight is 270 g/mol. The summed E-state index contributed by atoms with van der Waals surface area (Å²) in [6.45, 7) is 0. The van der Waals surface area contributed by atoms with Crippen molar-refractivity contribution in [3.63, 3.8) is 0 Å². The van der Waals surface area contributed by atoms with Crippen LogP contribution in [0, 0.1) is 5.82 Å². The van der Waals surface area contributed by atoms with Gasteiger partial charge in [0.15, 0.2) is 6.29 Å². The Morgan fingerprint density at radius 3 is 2.80 bits per heavy atom. The summed E-state index contributed by atoms with van der Waals surface area (Å²) in [5, 5.41) is 7.26. The molecule has 0 radical (unpaired) electrons. The number of rotatable bonds is 2. The molecule has 0 unspecified atom stereocenters. The number of carbonyl (C=O) groups excluding carboxylic acids is 1. The van der Waals surface area contributed by atoms with E-state index in [2.05, 4.69) is 26.2 Å². The van der Waals surface area contributed by atoms with Gasteiger partial charge in [-0.3, -0.25) is 4.79 Å². The number of carbonyl (C=O) groups is 1. The molecule has 0 aliphatic rings. The molecule has 4 nitrogen and oxygen atoms in total. The van der Waals surface area contributed by atoms with Crippen LogP contribution >= 0.6 is 15.9 Å². The summed E-state index contributed by atoms with van der Waals surface area (Å²) in [5.74, 6) is -0.387. The molecule has 15 heavy (non-hydrogen) atoms. The SMILES string of the molecule is O=Cc1cn(-c2cc(F)cc(Br)c2)nn1. The van der Waals surface area contributed by atoms with Crippen molar-refractivity contribution < 1.29 is 9.18 Å². The Kier molecular flexibility index (Phi) is 2.59. The first kappa shape index (κ1) is 9.97. The molecule has 1 heterocycles. The molecule has 0 saturated carbocycles. The minimum atomic E-state index is -0.387. The van der Waals surface area contributed by atoms with Crippen LogP contribution in [0.15, 0.2) is 28.9 Å². The van der Waals surface area contributed by atoms with Crippen molar-refractivity contribution in [3.05, 3.63) is 40.4 Å². The Morgan fingerprint density at radius 2 is 2.20 bits per heavy atom. The largest absolute Gasteiger partial charge is 0.296 e. The molecule has 6 heteroatoms. The van der Waals surface area contributed by atoms with E-state index in [1.807, 2.05) is 0 Å². The predicted molar refractivity (Wildman–Crippen MR) is 54.4 cm³/mol. The highest BCUT2D eigenvalue weighted by Gasteiger charge is 2.04.